The van der Waals surface area contributed by atoms with Crippen LogP contribution in [-0.2, 0) is 0 Å². The molecule has 0 saturated carbocycles. The first-order valence-corrected chi connectivity index (χ1v) is 3.82. The average Bonchev–Trinajstić information content (AvgIpc) is 2.46. The van der Waals surface area contributed by atoms with Gasteiger partial charge in [0.25, 0.3) is 6.43 Å². The maximum atomic E-state index is 12.3. The van der Waals surface area contributed by atoms with Gasteiger partial charge in [-0.3, -0.25) is 4.40 Å². The van der Waals surface area contributed by atoms with Crippen LogP contribution < -0.4 is 0 Å². The summed E-state index contributed by atoms with van der Waals surface area (Å²) in [6, 6.07) is 1.36. The van der Waals surface area contributed by atoms with Crippen LogP contribution >= 0.6 is 11.6 Å². The van der Waals surface area contributed by atoms with Gasteiger partial charge in [0, 0.05) is 6.07 Å². The average molecular weight is 204 g/mol. The summed E-state index contributed by atoms with van der Waals surface area (Å²) in [4.78, 5) is 7.27. The van der Waals surface area contributed by atoms with Crippen LogP contribution in [0.2, 0.25) is 5.15 Å². The molecule has 0 fully saturated rings. The van der Waals surface area contributed by atoms with Crippen LogP contribution in [-0.4, -0.2) is 14.4 Å². The summed E-state index contributed by atoms with van der Waals surface area (Å²) in [6.45, 7) is 0. The minimum Gasteiger partial charge on any atom is -0.289 e. The molecular formula is C7H4ClF2N3. The normalized spacial score (nSPS) is 11.4. The van der Waals surface area contributed by atoms with Gasteiger partial charge in [-0.15, -0.1) is 0 Å². The first-order chi connectivity index (χ1) is 6.18. The van der Waals surface area contributed by atoms with Crippen LogP contribution in [0.4, 0.5) is 8.78 Å². The van der Waals surface area contributed by atoms with Gasteiger partial charge in [0.1, 0.15) is 23.5 Å². The highest BCUT2D eigenvalue weighted by atomic mass is 35.5. The Balaban J connectivity index is 2.71. The first-order valence-electron chi connectivity index (χ1n) is 3.45. The van der Waals surface area contributed by atoms with Crippen molar-refractivity contribution in [3.63, 3.8) is 0 Å². The minimum atomic E-state index is -2.59. The predicted molar refractivity (Wildman–Crippen MR) is 43.0 cm³/mol. The molecule has 0 atom stereocenters. The fraction of sp³-hybridized carbons (Fsp3) is 0.143. The molecule has 2 heterocycles. The third kappa shape index (κ3) is 1.35. The van der Waals surface area contributed by atoms with Crippen LogP contribution in [0.25, 0.3) is 5.52 Å². The van der Waals surface area contributed by atoms with E-state index in [2.05, 4.69) is 9.97 Å². The van der Waals surface area contributed by atoms with Gasteiger partial charge in [-0.2, -0.15) is 0 Å². The van der Waals surface area contributed by atoms with E-state index in [1.807, 2.05) is 0 Å². The zero-order chi connectivity index (χ0) is 9.42. The Bertz CT molecular complexity index is 440. The van der Waals surface area contributed by atoms with Gasteiger partial charge in [-0.1, -0.05) is 11.6 Å². The fourth-order valence-electron chi connectivity index (χ4n) is 1.06. The molecule has 0 bridgehead atoms. The van der Waals surface area contributed by atoms with Crippen molar-refractivity contribution in [1.82, 2.24) is 14.4 Å². The highest BCUT2D eigenvalue weighted by molar-refractivity contribution is 6.29. The van der Waals surface area contributed by atoms with E-state index < -0.39 is 6.43 Å². The van der Waals surface area contributed by atoms with Crippen molar-refractivity contribution < 1.29 is 8.78 Å². The number of aromatic nitrogens is 3. The maximum Gasteiger partial charge on any atom is 0.282 e. The van der Waals surface area contributed by atoms with E-state index in [4.69, 9.17) is 11.6 Å². The summed E-state index contributed by atoms with van der Waals surface area (Å²) in [7, 11) is 0. The molecule has 2 aromatic rings. The lowest BCUT2D eigenvalue weighted by Crippen LogP contribution is -1.88. The van der Waals surface area contributed by atoms with E-state index in [-0.39, 0.29) is 16.4 Å². The van der Waals surface area contributed by atoms with E-state index in [9.17, 15) is 8.78 Å². The lowest BCUT2D eigenvalue weighted by Gasteiger charge is -1.96. The monoisotopic (exact) mass is 203 g/mol. The van der Waals surface area contributed by atoms with Gasteiger partial charge in [0.15, 0.2) is 0 Å². The van der Waals surface area contributed by atoms with Crippen LogP contribution in [0.3, 0.4) is 0 Å². The Morgan fingerprint density at radius 1 is 1.31 bits per heavy atom. The van der Waals surface area contributed by atoms with E-state index in [1.54, 1.807) is 0 Å². The molecule has 13 heavy (non-hydrogen) atoms. The van der Waals surface area contributed by atoms with Gasteiger partial charge in [-0.25, -0.2) is 18.7 Å². The zero-order valence-corrected chi connectivity index (χ0v) is 7.04. The first kappa shape index (κ1) is 8.37. The highest BCUT2D eigenvalue weighted by Crippen LogP contribution is 2.22. The molecule has 6 heteroatoms. The molecule has 2 rings (SSSR count). The second-order valence-electron chi connectivity index (χ2n) is 2.43. The Morgan fingerprint density at radius 3 is 2.69 bits per heavy atom. The third-order valence-corrected chi connectivity index (χ3v) is 1.84. The summed E-state index contributed by atoms with van der Waals surface area (Å²) in [6.07, 6.45) is 0.0277. The molecule has 0 saturated heterocycles. The molecule has 3 nitrogen and oxygen atoms in total. The van der Waals surface area contributed by atoms with Gasteiger partial charge >= 0.3 is 0 Å². The van der Waals surface area contributed by atoms with Gasteiger partial charge < -0.3 is 0 Å². The zero-order valence-electron chi connectivity index (χ0n) is 6.28. The Labute approximate surface area is 77.0 Å². The van der Waals surface area contributed by atoms with Crippen LogP contribution in [0.1, 0.15) is 12.1 Å². The fourth-order valence-corrected chi connectivity index (χ4v) is 1.21. The summed E-state index contributed by atoms with van der Waals surface area (Å²) in [5.74, 6) is 0. The smallest absolute Gasteiger partial charge is 0.282 e. The number of imidazole rings is 1. The molecule has 0 aliphatic heterocycles. The van der Waals surface area contributed by atoms with Crippen LogP contribution in [0.15, 0.2) is 18.7 Å². The van der Waals surface area contributed by atoms with Crippen LogP contribution in [0, 0.1) is 0 Å². The van der Waals surface area contributed by atoms with Crippen LogP contribution in [0.5, 0.6) is 0 Å². The molecule has 0 amide bonds. The number of rotatable bonds is 1. The standard InChI is InChI=1S/C7H4ClF2N3/c8-5-1-4-6(7(9)10)12-3-13(4)2-11-5/h1-3,7H. The molecule has 0 aliphatic rings. The van der Waals surface area contributed by atoms with Gasteiger partial charge in [0.2, 0.25) is 0 Å². The lowest BCUT2D eigenvalue weighted by molar-refractivity contribution is 0.148. The molecule has 0 radical (unpaired) electrons. The molecule has 2 aromatic heterocycles. The predicted octanol–water partition coefficient (Wildman–Crippen LogP) is 2.32. The molecule has 0 aliphatic carbocycles. The lowest BCUT2D eigenvalue weighted by atomic mass is 10.4. The Morgan fingerprint density at radius 2 is 2.00 bits per heavy atom. The van der Waals surface area contributed by atoms with Crippen molar-refractivity contribution in [2.45, 2.75) is 6.43 Å². The molecule has 0 aromatic carbocycles. The Hall–Kier alpha value is -1.23. The van der Waals surface area contributed by atoms with E-state index >= 15 is 0 Å². The number of hydrogen-bond acceptors (Lipinski definition) is 2. The summed E-state index contributed by atoms with van der Waals surface area (Å²) in [5.41, 5.74) is 0.0132. The molecular weight excluding hydrogens is 200 g/mol. The largest absolute Gasteiger partial charge is 0.289 e. The molecule has 0 unspecified atom stereocenters. The van der Waals surface area contributed by atoms with E-state index in [1.165, 1.54) is 23.1 Å². The van der Waals surface area contributed by atoms with Gasteiger partial charge in [-0.05, 0) is 0 Å². The second-order valence-corrected chi connectivity index (χ2v) is 2.82. The van der Waals surface area contributed by atoms with Crippen molar-refractivity contribution in [1.29, 1.82) is 0 Å². The summed E-state index contributed by atoms with van der Waals surface area (Å²) < 4.78 is 26.0. The molecule has 0 spiro atoms. The number of alkyl halides is 2. The summed E-state index contributed by atoms with van der Waals surface area (Å²) in [5, 5.41) is 0.176. The maximum absolute atomic E-state index is 12.3. The number of nitrogens with zero attached hydrogens (tertiary/aromatic N) is 3. The molecule has 0 N–H and O–H groups in total. The highest BCUT2D eigenvalue weighted by Gasteiger charge is 2.14. The quantitative estimate of drug-likeness (QED) is 0.666. The van der Waals surface area contributed by atoms with Crippen molar-refractivity contribution in [2.24, 2.45) is 0 Å². The molecule has 68 valence electrons. The van der Waals surface area contributed by atoms with Crippen molar-refractivity contribution >= 4 is 17.1 Å². The number of hydrogen-bond donors (Lipinski definition) is 0. The van der Waals surface area contributed by atoms with E-state index in [0.29, 0.717) is 0 Å². The minimum absolute atomic E-state index is 0.176. The van der Waals surface area contributed by atoms with E-state index in [0.717, 1.165) is 0 Å². The topological polar surface area (TPSA) is 30.2 Å². The Kier molecular flexibility index (Phi) is 1.88. The summed E-state index contributed by atoms with van der Waals surface area (Å²) >= 11 is 5.56. The second kappa shape index (κ2) is 2.92. The van der Waals surface area contributed by atoms with Gasteiger partial charge in [0.05, 0.1) is 5.52 Å². The van der Waals surface area contributed by atoms with Crippen molar-refractivity contribution in [2.75, 3.05) is 0 Å². The number of halogens is 3. The van der Waals surface area contributed by atoms with Crippen molar-refractivity contribution in [3.05, 3.63) is 29.6 Å². The van der Waals surface area contributed by atoms with Crippen molar-refractivity contribution in [3.8, 4) is 0 Å². The SMILES string of the molecule is FC(F)c1ncn2cnc(Cl)cc12. The number of fused-ring (bicyclic) bond motifs is 1. The third-order valence-electron chi connectivity index (χ3n) is 1.63.